The molecule has 0 bridgehead atoms. The number of carbonyl (C=O) groups excluding carboxylic acids is 4. The molecule has 2 heterocycles. The van der Waals surface area contributed by atoms with E-state index in [9.17, 15) is 40.2 Å². The molecule has 6 N–H and O–H groups in total. The van der Waals surface area contributed by atoms with Crippen molar-refractivity contribution in [2.45, 2.75) is 78.3 Å². The van der Waals surface area contributed by atoms with E-state index < -0.39 is 47.7 Å². The number of aliphatic hydroxyl groups is 4. The first-order chi connectivity index (χ1) is 41.4. The van der Waals surface area contributed by atoms with Crippen LogP contribution < -0.4 is 18.9 Å². The fourth-order valence-electron chi connectivity index (χ4n) is 11.9. The molecule has 18 nitrogen and oxygen atoms in total. The highest BCUT2D eigenvalue weighted by atomic mass is 16.5. The summed E-state index contributed by atoms with van der Waals surface area (Å²) in [6.45, 7) is 6.57. The van der Waals surface area contributed by atoms with Gasteiger partial charge in [-0.3, -0.25) is 29.0 Å². The van der Waals surface area contributed by atoms with Crippen LogP contribution in [-0.2, 0) is 35.3 Å². The van der Waals surface area contributed by atoms with Crippen molar-refractivity contribution in [2.24, 2.45) is 11.8 Å². The zero-order valence-electron chi connectivity index (χ0n) is 47.6. The maximum Gasteiger partial charge on any atom is 0.326 e. The Labute approximate surface area is 493 Å². The maximum absolute atomic E-state index is 15.6. The Bertz CT molecular complexity index is 3660. The molecule has 0 aliphatic carbocycles. The average Bonchev–Trinajstić information content (AvgIpc) is 0.677. The molecule has 0 saturated carbocycles. The number of nitrogens with zero attached hydrogens (tertiary/aromatic N) is 2. The number of imide groups is 2. The Kier molecular flexibility index (Phi) is 16.2. The summed E-state index contributed by atoms with van der Waals surface area (Å²) in [6.07, 6.45) is 1.10. The lowest BCUT2D eigenvalue weighted by atomic mass is 9.80. The van der Waals surface area contributed by atoms with Gasteiger partial charge in [-0.15, -0.1) is 0 Å². The second-order valence-corrected chi connectivity index (χ2v) is 22.5. The summed E-state index contributed by atoms with van der Waals surface area (Å²) in [5.41, 5.74) is 2.61. The number of carbonyl (C=O) groups is 6. The van der Waals surface area contributed by atoms with Crippen molar-refractivity contribution >= 4 is 78.7 Å². The number of carboxylic acid groups (broad SMARTS) is 2. The highest BCUT2D eigenvalue weighted by Crippen LogP contribution is 2.58. The smallest absolute Gasteiger partial charge is 0.326 e. The van der Waals surface area contributed by atoms with E-state index in [4.69, 9.17) is 18.9 Å². The van der Waals surface area contributed by atoms with Gasteiger partial charge in [-0.1, -0.05) is 76.2 Å². The first kappa shape index (κ1) is 58.3. The van der Waals surface area contributed by atoms with Gasteiger partial charge in [0.05, 0.1) is 22.3 Å². The normalized spacial score (nSPS) is 13.9. The van der Waals surface area contributed by atoms with E-state index in [1.807, 2.05) is 0 Å². The van der Waals surface area contributed by atoms with E-state index in [1.54, 1.807) is 125 Å². The zero-order valence-corrected chi connectivity index (χ0v) is 47.6. The maximum atomic E-state index is 15.6. The van der Waals surface area contributed by atoms with Gasteiger partial charge < -0.3 is 49.6 Å². The van der Waals surface area contributed by atoms with Crippen LogP contribution in [0.25, 0.3) is 43.1 Å². The lowest BCUT2D eigenvalue weighted by Crippen LogP contribution is -2.51. The van der Waals surface area contributed by atoms with Gasteiger partial charge >= 0.3 is 11.9 Å². The topological polar surface area (TPSA) is 267 Å². The molecule has 4 amide bonds. The summed E-state index contributed by atoms with van der Waals surface area (Å²) >= 11 is 0. The molecule has 18 heteroatoms. The second-order valence-electron chi connectivity index (χ2n) is 22.5. The summed E-state index contributed by atoms with van der Waals surface area (Å²) in [5.74, 6) is -6.37. The number of aliphatic carboxylic acids is 2. The number of benzene rings is 9. The molecular weight excluding hydrogens is 1100 g/mol. The Balaban J connectivity index is 1.37. The van der Waals surface area contributed by atoms with Gasteiger partial charge in [-0.05, 0) is 145 Å². The number of amides is 4. The summed E-state index contributed by atoms with van der Waals surface area (Å²) in [7, 11) is 0. The summed E-state index contributed by atoms with van der Waals surface area (Å²) in [4.78, 5) is 90.5. The molecule has 0 radical (unpaired) electrons. The predicted molar refractivity (Wildman–Crippen MR) is 320 cm³/mol. The standard InChI is InChI=1S/C68H62N2O16/c1-35(2)29-49(67(79)80)69-63(75)45-31-51(83-41-13-5-37(6-14-41)21-25-71)57-59-53(85-43-17-9-39(10-18-43)23-27-73)33-47-56-48(66(78)70(65(47)77)50(68(81)82)30-36(3)4)34-54(86-44-19-11-40(12-20-44)24-28-74)60(62(56)59)58-52(32-46(64(69)76)55(45)61(57)58)84-42-15-7-38(8-16-42)22-26-72/h5-20,31-36,49-50,71-74H,21-30H2,1-4H3,(H,79,80)(H,81,82). The summed E-state index contributed by atoms with van der Waals surface area (Å²) < 4.78 is 28.0. The van der Waals surface area contributed by atoms with Crippen molar-refractivity contribution in [1.29, 1.82) is 0 Å². The van der Waals surface area contributed by atoms with Gasteiger partial charge in [-0.25, -0.2) is 9.59 Å². The average molecular weight is 1160 g/mol. The molecule has 440 valence electrons. The van der Waals surface area contributed by atoms with Crippen LogP contribution >= 0.6 is 0 Å². The minimum atomic E-state index is -1.63. The fourth-order valence-corrected chi connectivity index (χ4v) is 11.9. The molecule has 0 fully saturated rings. The minimum Gasteiger partial charge on any atom is -0.480 e. The van der Waals surface area contributed by atoms with Crippen LogP contribution in [0.2, 0.25) is 0 Å². The predicted octanol–water partition coefficient (Wildman–Crippen LogP) is 11.2. The highest BCUT2D eigenvalue weighted by molar-refractivity contribution is 6.45. The van der Waals surface area contributed by atoms with E-state index in [-0.39, 0.29) is 162 Å². The Hall–Kier alpha value is -9.46. The summed E-state index contributed by atoms with van der Waals surface area (Å²) in [6, 6.07) is 29.8. The van der Waals surface area contributed by atoms with Crippen molar-refractivity contribution in [1.82, 2.24) is 9.80 Å². The number of hydrogen-bond donors (Lipinski definition) is 6. The number of hydrogen-bond acceptors (Lipinski definition) is 14. The van der Waals surface area contributed by atoms with E-state index in [0.29, 0.717) is 25.7 Å². The highest BCUT2D eigenvalue weighted by Gasteiger charge is 2.46. The first-order valence-electron chi connectivity index (χ1n) is 28.5. The van der Waals surface area contributed by atoms with Crippen LogP contribution in [-0.4, -0.2) is 115 Å². The molecular formula is C68H62N2O16. The van der Waals surface area contributed by atoms with E-state index in [2.05, 4.69) is 0 Å². The zero-order chi connectivity index (χ0) is 60.8. The number of fused-ring (bicyclic) bond motifs is 2. The number of carboxylic acids is 2. The lowest BCUT2D eigenvalue weighted by molar-refractivity contribution is -0.143. The Morgan fingerprint density at radius 3 is 0.767 bits per heavy atom. The molecule has 2 unspecified atom stereocenters. The molecule has 0 saturated heterocycles. The van der Waals surface area contributed by atoms with Crippen molar-refractivity contribution in [2.75, 3.05) is 26.4 Å². The van der Waals surface area contributed by atoms with Crippen LogP contribution in [0.3, 0.4) is 0 Å². The Morgan fingerprint density at radius 1 is 0.360 bits per heavy atom. The molecule has 86 heavy (non-hydrogen) atoms. The van der Waals surface area contributed by atoms with Gasteiger partial charge in [0, 0.05) is 69.5 Å². The molecule has 11 rings (SSSR count). The van der Waals surface area contributed by atoms with Crippen LogP contribution in [0.15, 0.2) is 121 Å². The molecule has 0 spiro atoms. The third-order valence-electron chi connectivity index (χ3n) is 15.8. The molecule has 9 aromatic carbocycles. The third kappa shape index (κ3) is 10.7. The molecule has 2 aliphatic heterocycles. The monoisotopic (exact) mass is 1160 g/mol. The number of aliphatic hydroxyl groups excluding tert-OH is 4. The van der Waals surface area contributed by atoms with Gasteiger partial charge in [0.2, 0.25) is 0 Å². The van der Waals surface area contributed by atoms with Gasteiger partial charge in [-0.2, -0.15) is 0 Å². The van der Waals surface area contributed by atoms with Crippen LogP contribution in [0.1, 0.15) is 104 Å². The number of rotatable bonds is 24. The van der Waals surface area contributed by atoms with Crippen LogP contribution in [0.5, 0.6) is 46.0 Å². The van der Waals surface area contributed by atoms with E-state index >= 15 is 19.2 Å². The lowest BCUT2D eigenvalue weighted by Gasteiger charge is -2.35. The van der Waals surface area contributed by atoms with Crippen molar-refractivity contribution < 1.29 is 78.4 Å². The van der Waals surface area contributed by atoms with Gasteiger partial charge in [0.1, 0.15) is 58.1 Å². The largest absolute Gasteiger partial charge is 0.480 e. The molecule has 2 atom stereocenters. The van der Waals surface area contributed by atoms with Crippen molar-refractivity contribution in [3.8, 4) is 46.0 Å². The molecule has 2 aliphatic rings. The molecule has 0 aromatic heterocycles. The number of ether oxygens (including phenoxy) is 4. The van der Waals surface area contributed by atoms with Crippen LogP contribution in [0.4, 0.5) is 0 Å². The van der Waals surface area contributed by atoms with Gasteiger partial charge in [0.15, 0.2) is 0 Å². The second kappa shape index (κ2) is 23.9. The quantitative estimate of drug-likeness (QED) is 0.0186. The first-order valence-corrected chi connectivity index (χ1v) is 28.5. The Morgan fingerprint density at radius 2 is 0.581 bits per heavy atom. The fraction of sp³-hybridized carbons (Fsp3) is 0.265. The van der Waals surface area contributed by atoms with Crippen molar-refractivity contribution in [3.05, 3.63) is 166 Å². The third-order valence-corrected chi connectivity index (χ3v) is 15.8. The van der Waals surface area contributed by atoms with Gasteiger partial charge in [0.25, 0.3) is 23.6 Å². The van der Waals surface area contributed by atoms with Crippen molar-refractivity contribution in [3.63, 3.8) is 0 Å². The van der Waals surface area contributed by atoms with E-state index in [0.717, 1.165) is 32.1 Å². The van der Waals surface area contributed by atoms with Crippen LogP contribution in [0, 0.1) is 11.8 Å². The molecule has 9 aromatic rings. The SMILES string of the molecule is CC(C)CC(C(=O)O)N1C(=O)c2cc(Oc3ccc(CCO)cc3)c3c4c(Oc5ccc(CCO)cc5)cc5c6c(cc(Oc7ccc(CCO)cc7)c(c7c(Oc8ccc(CCO)cc8)cc(c2c37)C1=O)c64)C(=O)N(C(CC(C)C)C(=O)O)C5=O. The minimum absolute atomic E-state index is 0.0344. The van der Waals surface area contributed by atoms with E-state index in [1.165, 1.54) is 24.3 Å². The summed E-state index contributed by atoms with van der Waals surface area (Å²) in [5, 5.41) is 62.2.